The Balaban J connectivity index is 1.65. The van der Waals surface area contributed by atoms with Crippen LogP contribution in [0.2, 0.25) is 0 Å². The molecule has 0 aliphatic carbocycles. The second kappa shape index (κ2) is 6.36. The zero-order chi connectivity index (χ0) is 17.4. The number of hydrogen-bond donors (Lipinski definition) is 2. The zero-order valence-corrected chi connectivity index (χ0v) is 15.1. The quantitative estimate of drug-likeness (QED) is 0.735. The lowest BCUT2D eigenvalue weighted by Gasteiger charge is -2.25. The summed E-state index contributed by atoms with van der Waals surface area (Å²) in [7, 11) is -3.41. The van der Waals surface area contributed by atoms with E-state index in [2.05, 4.69) is 10.2 Å². The zero-order valence-electron chi connectivity index (χ0n) is 13.5. The van der Waals surface area contributed by atoms with Crippen LogP contribution in [0.3, 0.4) is 0 Å². The summed E-state index contributed by atoms with van der Waals surface area (Å²) < 4.78 is 27.0. The molecule has 0 radical (unpaired) electrons. The van der Waals surface area contributed by atoms with Crippen LogP contribution in [0, 0.1) is 0 Å². The van der Waals surface area contributed by atoms with Crippen molar-refractivity contribution in [2.45, 2.75) is 4.90 Å². The lowest BCUT2D eigenvalue weighted by molar-refractivity contribution is 0.443. The van der Waals surface area contributed by atoms with Gasteiger partial charge in [0.1, 0.15) is 0 Å². The number of H-pyrrole nitrogens is 1. The second-order valence-corrected chi connectivity index (χ2v) is 9.07. The Kier molecular flexibility index (Phi) is 4.18. The molecule has 0 amide bonds. The topological polar surface area (TPSA) is 92.1 Å². The molecule has 1 aromatic heterocycles. The molecule has 4 rings (SSSR count). The fraction of sp³-hybridized carbons (Fsp3) is 0.235. The predicted octanol–water partition coefficient (Wildman–Crippen LogP) is 2.55. The van der Waals surface area contributed by atoms with Gasteiger partial charge in [-0.1, -0.05) is 18.2 Å². The van der Waals surface area contributed by atoms with Crippen molar-refractivity contribution in [3.8, 4) is 11.1 Å². The van der Waals surface area contributed by atoms with Gasteiger partial charge in [-0.05, 0) is 35.4 Å². The van der Waals surface area contributed by atoms with E-state index < -0.39 is 10.0 Å². The number of nitrogens with zero attached hydrogens (tertiary/aromatic N) is 2. The molecular weight excluding hydrogens is 356 g/mol. The first-order chi connectivity index (χ1) is 12.1. The van der Waals surface area contributed by atoms with Crippen LogP contribution in [-0.2, 0) is 10.0 Å². The third-order valence-corrected chi connectivity index (χ3v) is 7.24. The number of nitrogens with one attached hydrogen (secondary N) is 1. The predicted molar refractivity (Wildman–Crippen MR) is 102 cm³/mol. The number of anilines is 1. The number of aromatic amines is 1. The molecule has 1 aliphatic rings. The first kappa shape index (κ1) is 16.4. The van der Waals surface area contributed by atoms with E-state index in [-0.39, 0.29) is 0 Å². The highest BCUT2D eigenvalue weighted by Gasteiger charge is 2.25. The fourth-order valence-corrected chi connectivity index (χ4v) is 5.54. The highest BCUT2D eigenvalue weighted by atomic mass is 32.2. The van der Waals surface area contributed by atoms with Crippen LogP contribution < -0.4 is 5.73 Å². The van der Waals surface area contributed by atoms with Gasteiger partial charge in [-0.25, -0.2) is 8.42 Å². The molecule has 130 valence electrons. The lowest BCUT2D eigenvalue weighted by Crippen LogP contribution is -2.37. The van der Waals surface area contributed by atoms with E-state index in [1.165, 1.54) is 0 Å². The first-order valence-corrected chi connectivity index (χ1v) is 10.6. The first-order valence-electron chi connectivity index (χ1n) is 7.98. The van der Waals surface area contributed by atoms with Crippen molar-refractivity contribution in [2.24, 2.45) is 0 Å². The number of hydrogen-bond acceptors (Lipinski definition) is 5. The average Bonchev–Trinajstić information content (AvgIpc) is 3.03. The minimum atomic E-state index is -3.41. The Morgan fingerprint density at radius 3 is 2.44 bits per heavy atom. The summed E-state index contributed by atoms with van der Waals surface area (Å²) in [5, 5.41) is 7.73. The highest BCUT2D eigenvalue weighted by molar-refractivity contribution is 7.99. The molecule has 1 aliphatic heterocycles. The van der Waals surface area contributed by atoms with E-state index >= 15 is 0 Å². The van der Waals surface area contributed by atoms with Crippen molar-refractivity contribution < 1.29 is 8.42 Å². The number of thioether (sulfide) groups is 1. The van der Waals surface area contributed by atoms with Crippen LogP contribution in [0.4, 0.5) is 5.82 Å². The van der Waals surface area contributed by atoms with E-state index in [1.807, 2.05) is 30.3 Å². The van der Waals surface area contributed by atoms with Gasteiger partial charge in [0.25, 0.3) is 0 Å². The smallest absolute Gasteiger partial charge is 0.243 e. The molecule has 1 saturated heterocycles. The summed E-state index contributed by atoms with van der Waals surface area (Å²) in [6, 6.07) is 12.9. The Morgan fingerprint density at radius 2 is 1.72 bits per heavy atom. The maximum absolute atomic E-state index is 12.7. The van der Waals surface area contributed by atoms with E-state index in [4.69, 9.17) is 5.73 Å². The summed E-state index contributed by atoms with van der Waals surface area (Å²) in [5.41, 5.74) is 8.65. The lowest BCUT2D eigenvalue weighted by atomic mass is 10.0. The van der Waals surface area contributed by atoms with Crippen molar-refractivity contribution in [2.75, 3.05) is 30.3 Å². The Bertz CT molecular complexity index is 1010. The molecule has 25 heavy (non-hydrogen) atoms. The van der Waals surface area contributed by atoms with Crippen LogP contribution in [0.15, 0.2) is 47.4 Å². The van der Waals surface area contributed by atoms with Gasteiger partial charge in [0, 0.05) is 30.0 Å². The van der Waals surface area contributed by atoms with Crippen LogP contribution in [0.5, 0.6) is 0 Å². The van der Waals surface area contributed by atoms with Gasteiger partial charge in [0.15, 0.2) is 5.82 Å². The number of fused-ring (bicyclic) bond motifs is 1. The number of nitrogens with two attached hydrogens (primary N) is 1. The molecular formula is C17H18N4O2S2. The summed E-state index contributed by atoms with van der Waals surface area (Å²) in [4.78, 5) is 0.340. The molecule has 0 unspecified atom stereocenters. The molecule has 6 nitrogen and oxygen atoms in total. The molecule has 1 fully saturated rings. The maximum Gasteiger partial charge on any atom is 0.243 e. The summed E-state index contributed by atoms with van der Waals surface area (Å²) >= 11 is 1.79. The summed E-state index contributed by atoms with van der Waals surface area (Å²) in [5.74, 6) is 2.16. The second-order valence-electron chi connectivity index (χ2n) is 5.91. The third kappa shape index (κ3) is 3.01. The molecule has 3 aromatic rings. The van der Waals surface area contributed by atoms with Crippen LogP contribution >= 0.6 is 11.8 Å². The molecule has 0 atom stereocenters. The molecule has 8 heteroatoms. The number of rotatable bonds is 3. The fourth-order valence-electron chi connectivity index (χ4n) is 2.97. The summed E-state index contributed by atoms with van der Waals surface area (Å²) in [6.45, 7) is 1.15. The SMILES string of the molecule is Nc1n[nH]c2ccc(-c3ccc(S(=O)(=O)N4CCSCC4)cc3)cc12. The van der Waals surface area contributed by atoms with E-state index in [0.29, 0.717) is 23.8 Å². The van der Waals surface area contributed by atoms with Gasteiger partial charge >= 0.3 is 0 Å². The molecule has 2 aromatic carbocycles. The van der Waals surface area contributed by atoms with Crippen molar-refractivity contribution in [1.82, 2.24) is 14.5 Å². The summed E-state index contributed by atoms with van der Waals surface area (Å²) in [6.07, 6.45) is 0. The van der Waals surface area contributed by atoms with Gasteiger partial charge in [0.05, 0.1) is 10.4 Å². The van der Waals surface area contributed by atoms with E-state index in [0.717, 1.165) is 33.5 Å². The Hall–Kier alpha value is -2.03. The van der Waals surface area contributed by atoms with Crippen LogP contribution in [-0.4, -0.2) is 47.5 Å². The van der Waals surface area contributed by atoms with Crippen molar-refractivity contribution >= 4 is 38.5 Å². The number of benzene rings is 2. The van der Waals surface area contributed by atoms with Gasteiger partial charge < -0.3 is 5.73 Å². The van der Waals surface area contributed by atoms with Crippen molar-refractivity contribution in [3.63, 3.8) is 0 Å². The van der Waals surface area contributed by atoms with E-state index in [9.17, 15) is 8.42 Å². The van der Waals surface area contributed by atoms with Gasteiger partial charge in [-0.15, -0.1) is 0 Å². The number of sulfonamides is 1. The minimum absolute atomic E-state index is 0.340. The molecule has 0 saturated carbocycles. The molecule has 0 bridgehead atoms. The van der Waals surface area contributed by atoms with Crippen molar-refractivity contribution in [3.05, 3.63) is 42.5 Å². The number of nitrogen functional groups attached to an aromatic ring is 1. The van der Waals surface area contributed by atoms with Crippen LogP contribution in [0.25, 0.3) is 22.0 Å². The van der Waals surface area contributed by atoms with Crippen LogP contribution in [0.1, 0.15) is 0 Å². The molecule has 0 spiro atoms. The molecule has 3 N–H and O–H groups in total. The van der Waals surface area contributed by atoms with Gasteiger partial charge in [0.2, 0.25) is 10.0 Å². The van der Waals surface area contributed by atoms with Gasteiger partial charge in [-0.3, -0.25) is 5.10 Å². The largest absolute Gasteiger partial charge is 0.382 e. The standard InChI is InChI=1S/C17H18N4O2S2/c18-17-15-11-13(3-6-16(15)19-20-17)12-1-4-14(5-2-12)25(22,23)21-7-9-24-10-8-21/h1-6,11H,7-10H2,(H3,18,19,20). The minimum Gasteiger partial charge on any atom is -0.382 e. The highest BCUT2D eigenvalue weighted by Crippen LogP contribution is 2.28. The number of aromatic nitrogens is 2. The third-order valence-electron chi connectivity index (χ3n) is 4.39. The van der Waals surface area contributed by atoms with E-state index in [1.54, 1.807) is 28.2 Å². The van der Waals surface area contributed by atoms with Gasteiger partial charge in [-0.2, -0.15) is 21.2 Å². The van der Waals surface area contributed by atoms with Crippen molar-refractivity contribution in [1.29, 1.82) is 0 Å². The monoisotopic (exact) mass is 374 g/mol. The Labute approximate surface area is 150 Å². The normalized spacial score (nSPS) is 16.3. The molecule has 2 heterocycles. The average molecular weight is 374 g/mol. The maximum atomic E-state index is 12.7. The Morgan fingerprint density at radius 1 is 1.04 bits per heavy atom.